The topological polar surface area (TPSA) is 77.3 Å². The molecule has 1 aliphatic rings. The Kier molecular flexibility index (Phi) is 3.73. The molecule has 6 nitrogen and oxygen atoms in total. The van der Waals surface area contributed by atoms with Crippen molar-refractivity contribution >= 4 is 15.8 Å². The van der Waals surface area contributed by atoms with Crippen molar-refractivity contribution in [1.82, 2.24) is 9.29 Å². The third-order valence-corrected chi connectivity index (χ3v) is 4.56. The molecule has 0 saturated carbocycles. The third-order valence-electron chi connectivity index (χ3n) is 3.17. The Hall–Kier alpha value is -1.65. The number of rotatable bonds is 2. The molecule has 0 amide bonds. The van der Waals surface area contributed by atoms with Gasteiger partial charge in [0.1, 0.15) is 17.6 Å². The van der Waals surface area contributed by atoms with E-state index >= 15 is 0 Å². The van der Waals surface area contributed by atoms with Crippen molar-refractivity contribution in [1.29, 1.82) is 5.26 Å². The Morgan fingerprint density at radius 1 is 1.42 bits per heavy atom. The van der Waals surface area contributed by atoms with E-state index in [-0.39, 0.29) is 6.04 Å². The minimum absolute atomic E-state index is 0.101. The molecule has 0 aliphatic carbocycles. The molecule has 0 N–H and O–H groups in total. The van der Waals surface area contributed by atoms with E-state index in [1.165, 1.54) is 10.6 Å². The summed E-state index contributed by atoms with van der Waals surface area (Å²) in [6.07, 6.45) is 1.23. The van der Waals surface area contributed by atoms with Crippen molar-refractivity contribution in [2.75, 3.05) is 30.8 Å². The first-order valence-corrected chi connectivity index (χ1v) is 7.85. The van der Waals surface area contributed by atoms with Gasteiger partial charge >= 0.3 is 0 Å². The molecule has 1 aromatic heterocycles. The summed E-state index contributed by atoms with van der Waals surface area (Å²) in [4.78, 5) is 6.24. The molecule has 0 bridgehead atoms. The fourth-order valence-electron chi connectivity index (χ4n) is 2.30. The summed E-state index contributed by atoms with van der Waals surface area (Å²) in [6, 6.07) is 7.18. The van der Waals surface area contributed by atoms with Crippen LogP contribution >= 0.6 is 0 Å². The van der Waals surface area contributed by atoms with Crippen LogP contribution < -0.4 is 4.90 Å². The van der Waals surface area contributed by atoms with Crippen molar-refractivity contribution in [2.45, 2.75) is 13.0 Å². The Labute approximate surface area is 113 Å². The second kappa shape index (κ2) is 5.15. The zero-order chi connectivity index (χ0) is 14.0. The summed E-state index contributed by atoms with van der Waals surface area (Å²) in [5.41, 5.74) is 0.371. The number of pyridine rings is 1. The van der Waals surface area contributed by atoms with Gasteiger partial charge in [-0.2, -0.15) is 9.57 Å². The first-order valence-electron chi connectivity index (χ1n) is 6.01. The van der Waals surface area contributed by atoms with Gasteiger partial charge in [-0.1, -0.05) is 6.07 Å². The Bertz CT molecular complexity index is 608. The molecule has 1 fully saturated rings. The van der Waals surface area contributed by atoms with Crippen LogP contribution in [0.2, 0.25) is 0 Å². The molecule has 2 heterocycles. The van der Waals surface area contributed by atoms with Crippen LogP contribution in [-0.4, -0.2) is 49.6 Å². The molecule has 0 aromatic carbocycles. The highest BCUT2D eigenvalue weighted by Gasteiger charge is 2.30. The predicted molar refractivity (Wildman–Crippen MR) is 72.2 cm³/mol. The number of anilines is 1. The number of aromatic nitrogens is 1. The molecule has 2 rings (SSSR count). The summed E-state index contributed by atoms with van der Waals surface area (Å²) in [7, 11) is -3.16. The molecule has 0 radical (unpaired) electrons. The van der Waals surface area contributed by atoms with Crippen LogP contribution in [0.4, 0.5) is 5.82 Å². The van der Waals surface area contributed by atoms with Crippen LogP contribution in [0.5, 0.6) is 0 Å². The Morgan fingerprint density at radius 3 is 2.74 bits per heavy atom. The fourth-order valence-corrected chi connectivity index (χ4v) is 3.44. The maximum Gasteiger partial charge on any atom is 0.211 e. The van der Waals surface area contributed by atoms with E-state index in [1.807, 2.05) is 24.0 Å². The van der Waals surface area contributed by atoms with Crippen LogP contribution in [0.15, 0.2) is 18.2 Å². The fraction of sp³-hybridized carbons (Fsp3) is 0.500. The number of piperazine rings is 1. The maximum atomic E-state index is 11.6. The quantitative estimate of drug-likeness (QED) is 0.785. The highest BCUT2D eigenvalue weighted by atomic mass is 32.2. The van der Waals surface area contributed by atoms with Crippen LogP contribution in [0.3, 0.4) is 0 Å². The molecule has 19 heavy (non-hydrogen) atoms. The van der Waals surface area contributed by atoms with Gasteiger partial charge in [0.05, 0.1) is 6.26 Å². The normalized spacial score (nSPS) is 21.1. The molecule has 7 heteroatoms. The lowest BCUT2D eigenvalue weighted by Gasteiger charge is -2.38. The van der Waals surface area contributed by atoms with Gasteiger partial charge in [0, 0.05) is 25.7 Å². The molecule has 1 atom stereocenters. The number of hydrogen-bond acceptors (Lipinski definition) is 5. The van der Waals surface area contributed by atoms with Gasteiger partial charge in [-0.25, -0.2) is 13.4 Å². The van der Waals surface area contributed by atoms with Crippen molar-refractivity contribution < 1.29 is 8.42 Å². The molecule has 1 aromatic rings. The monoisotopic (exact) mass is 280 g/mol. The van der Waals surface area contributed by atoms with Crippen molar-refractivity contribution in [3.05, 3.63) is 23.9 Å². The first kappa shape index (κ1) is 13.8. The summed E-state index contributed by atoms with van der Waals surface area (Å²) in [5, 5.41) is 8.84. The number of sulfonamides is 1. The predicted octanol–water partition coefficient (Wildman–Crippen LogP) is 0.423. The highest BCUT2D eigenvalue weighted by molar-refractivity contribution is 7.88. The maximum absolute atomic E-state index is 11.6. The molecule has 1 saturated heterocycles. The van der Waals surface area contributed by atoms with Gasteiger partial charge in [-0.3, -0.25) is 0 Å². The van der Waals surface area contributed by atoms with E-state index in [9.17, 15) is 8.42 Å². The molecule has 0 spiro atoms. The van der Waals surface area contributed by atoms with Crippen molar-refractivity contribution in [2.24, 2.45) is 0 Å². The number of hydrogen-bond donors (Lipinski definition) is 0. The number of nitriles is 1. The smallest absolute Gasteiger partial charge is 0.211 e. The summed E-state index contributed by atoms with van der Waals surface area (Å²) in [6.45, 7) is 3.48. The lowest BCUT2D eigenvalue weighted by Crippen LogP contribution is -2.53. The van der Waals surface area contributed by atoms with Crippen LogP contribution in [0.25, 0.3) is 0 Å². The van der Waals surface area contributed by atoms with Crippen LogP contribution in [0, 0.1) is 11.3 Å². The second-order valence-corrected chi connectivity index (χ2v) is 6.60. The Balaban J connectivity index is 2.16. The summed E-state index contributed by atoms with van der Waals surface area (Å²) in [5.74, 6) is 0.721. The largest absolute Gasteiger partial charge is 0.354 e. The van der Waals surface area contributed by atoms with Gasteiger partial charge in [0.15, 0.2) is 0 Å². The lowest BCUT2D eigenvalue weighted by molar-refractivity contribution is 0.308. The molecular formula is C12H16N4O2S. The summed E-state index contributed by atoms with van der Waals surface area (Å²) < 4.78 is 24.7. The van der Waals surface area contributed by atoms with E-state index < -0.39 is 10.0 Å². The molecule has 0 unspecified atom stereocenters. The number of nitrogens with zero attached hydrogens (tertiary/aromatic N) is 4. The van der Waals surface area contributed by atoms with E-state index in [0.717, 1.165) is 5.82 Å². The molecule has 102 valence electrons. The minimum atomic E-state index is -3.16. The van der Waals surface area contributed by atoms with Gasteiger partial charge in [0.2, 0.25) is 10.0 Å². The molecular weight excluding hydrogens is 264 g/mol. The van der Waals surface area contributed by atoms with Crippen LogP contribution in [-0.2, 0) is 10.0 Å². The third kappa shape index (κ3) is 3.03. The van der Waals surface area contributed by atoms with E-state index in [1.54, 1.807) is 12.1 Å². The Morgan fingerprint density at radius 2 is 2.16 bits per heavy atom. The van der Waals surface area contributed by atoms with Gasteiger partial charge in [-0.05, 0) is 19.1 Å². The van der Waals surface area contributed by atoms with E-state index in [4.69, 9.17) is 5.26 Å². The molecule has 1 aliphatic heterocycles. The van der Waals surface area contributed by atoms with E-state index in [2.05, 4.69) is 4.98 Å². The van der Waals surface area contributed by atoms with Crippen molar-refractivity contribution in [3.63, 3.8) is 0 Å². The average molecular weight is 280 g/mol. The second-order valence-electron chi connectivity index (χ2n) is 4.66. The lowest BCUT2D eigenvalue weighted by atomic mass is 10.2. The van der Waals surface area contributed by atoms with Gasteiger partial charge < -0.3 is 4.90 Å². The summed E-state index contributed by atoms with van der Waals surface area (Å²) >= 11 is 0. The zero-order valence-electron chi connectivity index (χ0n) is 10.9. The average Bonchev–Trinajstić information content (AvgIpc) is 2.37. The standard InChI is InChI=1S/C12H16N4O2S/c1-10-9-15(6-7-16(10)19(2,17)18)12-5-3-4-11(8-13)14-12/h3-5,10H,6-7,9H2,1-2H3/t10-/m0/s1. The minimum Gasteiger partial charge on any atom is -0.354 e. The zero-order valence-corrected chi connectivity index (χ0v) is 11.8. The van der Waals surface area contributed by atoms with E-state index in [0.29, 0.717) is 25.3 Å². The highest BCUT2D eigenvalue weighted by Crippen LogP contribution is 2.19. The van der Waals surface area contributed by atoms with Crippen molar-refractivity contribution in [3.8, 4) is 6.07 Å². The van der Waals surface area contributed by atoms with Crippen LogP contribution in [0.1, 0.15) is 12.6 Å². The van der Waals surface area contributed by atoms with Gasteiger partial charge in [-0.15, -0.1) is 0 Å². The van der Waals surface area contributed by atoms with Gasteiger partial charge in [0.25, 0.3) is 0 Å². The SMILES string of the molecule is C[C@H]1CN(c2cccc(C#N)n2)CCN1S(C)(=O)=O. The first-order chi connectivity index (χ1) is 8.91.